The summed E-state index contributed by atoms with van der Waals surface area (Å²) in [6, 6.07) is 0. The van der Waals surface area contributed by atoms with Gasteiger partial charge >= 0.3 is 0 Å². The molecule has 0 N–H and O–H groups in total. The molecule has 2 bridgehead atoms. The average Bonchev–Trinajstić information content (AvgIpc) is 2.78. The van der Waals surface area contributed by atoms with Gasteiger partial charge in [-0.25, -0.2) is 0 Å². The number of allylic oxidation sites excluding steroid dienone is 6. The van der Waals surface area contributed by atoms with E-state index < -0.39 is 5.41 Å². The molecule has 0 aliphatic heterocycles. The number of ketones is 2. The fourth-order valence-corrected chi connectivity index (χ4v) is 4.37. The van der Waals surface area contributed by atoms with E-state index in [1.807, 2.05) is 12.2 Å². The van der Waals surface area contributed by atoms with Crippen molar-refractivity contribution in [2.24, 2.45) is 28.6 Å². The van der Waals surface area contributed by atoms with Crippen LogP contribution in [-0.2, 0) is 9.59 Å². The van der Waals surface area contributed by atoms with E-state index in [1.54, 1.807) is 0 Å². The smallest absolute Gasteiger partial charge is 0.210 e. The summed E-state index contributed by atoms with van der Waals surface area (Å²) in [5.41, 5.74) is 1.55. The van der Waals surface area contributed by atoms with Crippen LogP contribution >= 0.6 is 0 Å². The van der Waals surface area contributed by atoms with Crippen molar-refractivity contribution in [3.8, 4) is 0 Å². The van der Waals surface area contributed by atoms with E-state index >= 15 is 0 Å². The highest BCUT2D eigenvalue weighted by Gasteiger charge is 2.65. The second-order valence-corrected chi connectivity index (χ2v) is 7.57. The first kappa shape index (κ1) is 13.5. The van der Waals surface area contributed by atoms with Crippen LogP contribution in [0.5, 0.6) is 0 Å². The number of Topliss-reactive ketones (excluding diaryl/α,β-unsaturated/α-hetero) is 2. The van der Waals surface area contributed by atoms with E-state index in [0.717, 1.165) is 0 Å². The lowest BCUT2D eigenvalue weighted by Gasteiger charge is -2.55. The SMILES string of the molecule is CC(C)=C1C=C[C@H]2[C@H]3C=C[C@](C(C)(C)C)(C(=O)C3=O)[C@@H]12. The maximum Gasteiger partial charge on any atom is 0.210 e. The van der Waals surface area contributed by atoms with E-state index in [1.165, 1.54) is 11.1 Å². The van der Waals surface area contributed by atoms with Gasteiger partial charge in [-0.15, -0.1) is 0 Å². The molecule has 4 rings (SSSR count). The van der Waals surface area contributed by atoms with Crippen molar-refractivity contribution in [2.45, 2.75) is 34.6 Å². The standard InChI is InChI=1S/C18H22O2/c1-10(2)11-6-7-12-13-8-9-18(14(11)12,17(3,4)5)16(20)15(13)19/h6-9,12-14H,1-5H3/t12-,13+,14-,18+/m0/s1. The summed E-state index contributed by atoms with van der Waals surface area (Å²) in [7, 11) is 0. The minimum Gasteiger partial charge on any atom is -0.290 e. The number of hydrogen-bond acceptors (Lipinski definition) is 2. The van der Waals surface area contributed by atoms with Crippen molar-refractivity contribution in [3.63, 3.8) is 0 Å². The molecule has 2 heteroatoms. The van der Waals surface area contributed by atoms with Gasteiger partial charge in [-0.2, -0.15) is 0 Å². The quantitative estimate of drug-likeness (QED) is 0.499. The highest BCUT2D eigenvalue weighted by molar-refractivity contribution is 6.42. The lowest BCUT2D eigenvalue weighted by molar-refractivity contribution is -0.156. The summed E-state index contributed by atoms with van der Waals surface area (Å²) in [6.07, 6.45) is 8.30. The van der Waals surface area contributed by atoms with Gasteiger partial charge in [0.05, 0.1) is 11.3 Å². The summed E-state index contributed by atoms with van der Waals surface area (Å²) in [4.78, 5) is 25.2. The normalized spacial score (nSPS) is 38.6. The summed E-state index contributed by atoms with van der Waals surface area (Å²) in [5.74, 6) is -0.323. The minimum atomic E-state index is -0.681. The van der Waals surface area contributed by atoms with E-state index in [-0.39, 0.29) is 34.7 Å². The molecule has 0 aromatic heterocycles. The van der Waals surface area contributed by atoms with Crippen LogP contribution in [0.15, 0.2) is 35.5 Å². The molecule has 1 saturated carbocycles. The molecule has 4 aliphatic rings. The maximum atomic E-state index is 12.8. The Morgan fingerprint density at radius 1 is 1.15 bits per heavy atom. The maximum absolute atomic E-state index is 12.8. The third kappa shape index (κ3) is 1.35. The monoisotopic (exact) mass is 270 g/mol. The Morgan fingerprint density at radius 3 is 2.35 bits per heavy atom. The van der Waals surface area contributed by atoms with Gasteiger partial charge in [0.1, 0.15) is 0 Å². The first-order valence-electron chi connectivity index (χ1n) is 7.35. The number of rotatable bonds is 0. The van der Waals surface area contributed by atoms with Gasteiger partial charge in [0.25, 0.3) is 0 Å². The number of carbonyl (C=O) groups is 2. The van der Waals surface area contributed by atoms with E-state index in [2.05, 4.69) is 46.8 Å². The van der Waals surface area contributed by atoms with Gasteiger partial charge in [-0.3, -0.25) is 9.59 Å². The van der Waals surface area contributed by atoms with Crippen LogP contribution in [0.2, 0.25) is 0 Å². The fourth-order valence-electron chi connectivity index (χ4n) is 4.37. The van der Waals surface area contributed by atoms with Gasteiger partial charge in [-0.05, 0) is 30.8 Å². The van der Waals surface area contributed by atoms with Crippen LogP contribution in [-0.4, -0.2) is 11.6 Å². The molecular weight excluding hydrogens is 248 g/mol. The Kier molecular flexibility index (Phi) is 2.58. The predicted molar refractivity (Wildman–Crippen MR) is 79.0 cm³/mol. The summed E-state index contributed by atoms with van der Waals surface area (Å²) < 4.78 is 0. The molecule has 0 aromatic carbocycles. The van der Waals surface area contributed by atoms with Gasteiger partial charge < -0.3 is 0 Å². The summed E-state index contributed by atoms with van der Waals surface area (Å²) >= 11 is 0. The van der Waals surface area contributed by atoms with Gasteiger partial charge in [0.15, 0.2) is 0 Å². The molecule has 20 heavy (non-hydrogen) atoms. The van der Waals surface area contributed by atoms with Crippen LogP contribution in [0.25, 0.3) is 0 Å². The number of carbonyl (C=O) groups excluding carboxylic acids is 2. The first-order valence-corrected chi connectivity index (χ1v) is 7.35. The molecule has 0 unspecified atom stereocenters. The molecule has 4 atom stereocenters. The number of fused-ring (bicyclic) bond motifs is 1. The predicted octanol–water partition coefficient (Wildman–Crippen LogP) is 3.50. The van der Waals surface area contributed by atoms with Crippen LogP contribution in [0.1, 0.15) is 34.6 Å². The van der Waals surface area contributed by atoms with E-state index in [0.29, 0.717) is 0 Å². The molecule has 2 nitrogen and oxygen atoms in total. The third-order valence-electron chi connectivity index (χ3n) is 5.41. The molecule has 106 valence electrons. The molecule has 0 aromatic rings. The highest BCUT2D eigenvalue weighted by atomic mass is 16.2. The lowest BCUT2D eigenvalue weighted by atomic mass is 9.45. The van der Waals surface area contributed by atoms with Crippen molar-refractivity contribution < 1.29 is 9.59 Å². The molecular formula is C18H22O2. The van der Waals surface area contributed by atoms with Crippen LogP contribution in [0.3, 0.4) is 0 Å². The first-order chi connectivity index (χ1) is 9.22. The molecule has 0 spiro atoms. The molecule has 4 aliphatic carbocycles. The molecule has 0 amide bonds. The minimum absolute atomic E-state index is 0.132. The fraction of sp³-hybridized carbons (Fsp3) is 0.556. The Hall–Kier alpha value is -1.44. The van der Waals surface area contributed by atoms with Crippen molar-refractivity contribution >= 4 is 11.6 Å². The number of hydrogen-bond donors (Lipinski definition) is 0. The Morgan fingerprint density at radius 2 is 1.80 bits per heavy atom. The molecule has 0 saturated heterocycles. The van der Waals surface area contributed by atoms with Gasteiger partial charge in [-0.1, -0.05) is 50.6 Å². The van der Waals surface area contributed by atoms with E-state index in [9.17, 15) is 9.59 Å². The van der Waals surface area contributed by atoms with Crippen molar-refractivity contribution in [1.82, 2.24) is 0 Å². The molecule has 0 radical (unpaired) electrons. The second kappa shape index (κ2) is 3.81. The second-order valence-electron chi connectivity index (χ2n) is 7.57. The topological polar surface area (TPSA) is 34.1 Å². The summed E-state index contributed by atoms with van der Waals surface area (Å²) in [5, 5.41) is 0. The third-order valence-corrected chi connectivity index (χ3v) is 5.41. The van der Waals surface area contributed by atoms with Crippen molar-refractivity contribution in [3.05, 3.63) is 35.5 Å². The van der Waals surface area contributed by atoms with Crippen LogP contribution in [0.4, 0.5) is 0 Å². The van der Waals surface area contributed by atoms with Crippen molar-refractivity contribution in [1.29, 1.82) is 0 Å². The zero-order valence-corrected chi connectivity index (χ0v) is 12.9. The van der Waals surface area contributed by atoms with Gasteiger partial charge in [0, 0.05) is 5.92 Å². The van der Waals surface area contributed by atoms with Crippen LogP contribution < -0.4 is 0 Å². The van der Waals surface area contributed by atoms with Crippen LogP contribution in [0, 0.1) is 28.6 Å². The summed E-state index contributed by atoms with van der Waals surface area (Å²) in [6.45, 7) is 10.4. The Balaban J connectivity index is 2.30. The highest BCUT2D eigenvalue weighted by Crippen LogP contribution is 2.62. The van der Waals surface area contributed by atoms with E-state index in [4.69, 9.17) is 0 Å². The molecule has 1 fully saturated rings. The molecule has 0 heterocycles. The Labute approximate surface area is 120 Å². The Bertz CT molecular complexity index is 593. The zero-order valence-electron chi connectivity index (χ0n) is 12.9. The lowest BCUT2D eigenvalue weighted by Crippen LogP contribution is -2.61. The average molecular weight is 270 g/mol. The zero-order chi connectivity index (χ0) is 14.9. The largest absolute Gasteiger partial charge is 0.290 e. The van der Waals surface area contributed by atoms with Gasteiger partial charge in [0.2, 0.25) is 11.6 Å². The van der Waals surface area contributed by atoms with Crippen molar-refractivity contribution in [2.75, 3.05) is 0 Å².